The van der Waals surface area contributed by atoms with Gasteiger partial charge in [-0.25, -0.2) is 9.18 Å². The van der Waals surface area contributed by atoms with Gasteiger partial charge in [0.2, 0.25) is 0 Å². The Balaban J connectivity index is 2.40. The minimum Gasteiger partial charge on any atom is -0.464 e. The first-order valence-electron chi connectivity index (χ1n) is 7.41. The number of nitrogens with one attached hydrogen (secondary N) is 1. The van der Waals surface area contributed by atoms with Gasteiger partial charge >= 0.3 is 5.97 Å². The Kier molecular flexibility index (Phi) is 3.86. The molecule has 2 aromatic heterocycles. The van der Waals surface area contributed by atoms with Crippen molar-refractivity contribution in [3.8, 4) is 11.1 Å². The third kappa shape index (κ3) is 2.48. The van der Waals surface area contributed by atoms with Crippen LogP contribution in [0.2, 0.25) is 0 Å². The lowest BCUT2D eigenvalue weighted by atomic mass is 9.99. The second kappa shape index (κ2) is 5.83. The highest BCUT2D eigenvalue weighted by Crippen LogP contribution is 2.35. The Morgan fingerprint density at radius 2 is 2.17 bits per heavy atom. The molecule has 0 saturated heterocycles. The summed E-state index contributed by atoms with van der Waals surface area (Å²) < 4.78 is 18.9. The molecule has 0 atom stereocenters. The van der Waals surface area contributed by atoms with Crippen LogP contribution in [0.4, 0.5) is 4.39 Å². The molecule has 0 amide bonds. The lowest BCUT2D eigenvalue weighted by molar-refractivity contribution is 0.0596. The van der Waals surface area contributed by atoms with Gasteiger partial charge in [0.15, 0.2) is 0 Å². The number of nitrogens with zero attached hydrogens (tertiary/aromatic N) is 1. The van der Waals surface area contributed by atoms with Crippen molar-refractivity contribution in [2.75, 3.05) is 7.11 Å². The highest BCUT2D eigenvalue weighted by molar-refractivity contribution is 6.08. The number of pyridine rings is 1. The predicted molar refractivity (Wildman–Crippen MR) is 86.9 cm³/mol. The number of esters is 1. The first-order valence-corrected chi connectivity index (χ1v) is 7.41. The van der Waals surface area contributed by atoms with E-state index in [0.29, 0.717) is 28.8 Å². The minimum atomic E-state index is -0.488. The summed E-state index contributed by atoms with van der Waals surface area (Å²) in [6.07, 6.45) is 2.27. The highest BCUT2D eigenvalue weighted by Gasteiger charge is 2.22. The SMILES string of the molecule is CCc1cc2c(-c3cccnc3C)c(C(=O)OC)[nH]c2cc1F. The topological polar surface area (TPSA) is 55.0 Å². The lowest BCUT2D eigenvalue weighted by Crippen LogP contribution is -2.04. The molecule has 0 saturated carbocycles. The van der Waals surface area contributed by atoms with Crippen LogP contribution >= 0.6 is 0 Å². The second-order valence-electron chi connectivity index (χ2n) is 5.35. The number of benzene rings is 1. The van der Waals surface area contributed by atoms with Gasteiger partial charge in [0, 0.05) is 33.9 Å². The largest absolute Gasteiger partial charge is 0.464 e. The molecule has 0 bridgehead atoms. The maximum Gasteiger partial charge on any atom is 0.355 e. The van der Waals surface area contributed by atoms with Crippen molar-refractivity contribution in [2.45, 2.75) is 20.3 Å². The van der Waals surface area contributed by atoms with Gasteiger partial charge in [-0.15, -0.1) is 0 Å². The van der Waals surface area contributed by atoms with Crippen LogP contribution in [0.3, 0.4) is 0 Å². The van der Waals surface area contributed by atoms with Crippen LogP contribution in [-0.4, -0.2) is 23.0 Å². The molecule has 3 aromatic rings. The summed E-state index contributed by atoms with van der Waals surface area (Å²) in [6.45, 7) is 3.77. The summed E-state index contributed by atoms with van der Waals surface area (Å²) in [5, 5.41) is 0.791. The van der Waals surface area contributed by atoms with Crippen molar-refractivity contribution >= 4 is 16.9 Å². The molecule has 0 fully saturated rings. The third-order valence-corrected chi connectivity index (χ3v) is 4.01. The minimum absolute atomic E-state index is 0.285. The average molecular weight is 312 g/mol. The Morgan fingerprint density at radius 3 is 2.83 bits per heavy atom. The quantitative estimate of drug-likeness (QED) is 0.743. The molecule has 3 rings (SSSR count). The number of halogens is 1. The molecular formula is C18H17FN2O2. The Hall–Kier alpha value is -2.69. The molecule has 118 valence electrons. The summed E-state index contributed by atoms with van der Waals surface area (Å²) in [5.41, 5.74) is 3.81. The molecule has 0 spiro atoms. The van der Waals surface area contributed by atoms with Crippen molar-refractivity contribution in [1.82, 2.24) is 9.97 Å². The summed E-state index contributed by atoms with van der Waals surface area (Å²) in [4.78, 5) is 19.4. The van der Waals surface area contributed by atoms with Crippen molar-refractivity contribution in [1.29, 1.82) is 0 Å². The standard InChI is InChI=1S/C18H17FN2O2/c1-4-11-8-13-15(9-14(11)19)21-17(18(22)23-3)16(13)12-6-5-7-20-10(12)2/h5-9,21H,4H2,1-3H3. The van der Waals surface area contributed by atoms with E-state index in [9.17, 15) is 9.18 Å². The zero-order valence-corrected chi connectivity index (χ0v) is 13.2. The van der Waals surface area contributed by atoms with E-state index in [4.69, 9.17) is 4.74 Å². The summed E-state index contributed by atoms with van der Waals surface area (Å²) in [7, 11) is 1.33. The third-order valence-electron chi connectivity index (χ3n) is 4.01. The van der Waals surface area contributed by atoms with E-state index in [-0.39, 0.29) is 5.82 Å². The van der Waals surface area contributed by atoms with Crippen LogP contribution in [0, 0.1) is 12.7 Å². The van der Waals surface area contributed by atoms with Gasteiger partial charge in [-0.05, 0) is 37.1 Å². The van der Waals surface area contributed by atoms with Gasteiger partial charge in [0.05, 0.1) is 7.11 Å². The lowest BCUT2D eigenvalue weighted by Gasteiger charge is -2.07. The van der Waals surface area contributed by atoms with Crippen LogP contribution in [0.15, 0.2) is 30.5 Å². The molecule has 5 heteroatoms. The number of ether oxygens (including phenoxy) is 1. The van der Waals surface area contributed by atoms with Crippen molar-refractivity contribution in [3.63, 3.8) is 0 Å². The number of fused-ring (bicyclic) bond motifs is 1. The van der Waals surface area contributed by atoms with Crippen molar-refractivity contribution in [2.24, 2.45) is 0 Å². The molecule has 4 nitrogen and oxygen atoms in total. The van der Waals surface area contributed by atoms with Gasteiger partial charge in [0.25, 0.3) is 0 Å². The van der Waals surface area contributed by atoms with E-state index in [2.05, 4.69) is 9.97 Å². The molecule has 2 heterocycles. The molecule has 0 unspecified atom stereocenters. The monoisotopic (exact) mass is 312 g/mol. The van der Waals surface area contributed by atoms with E-state index in [1.807, 2.05) is 26.0 Å². The van der Waals surface area contributed by atoms with E-state index in [0.717, 1.165) is 16.6 Å². The molecule has 0 aliphatic rings. The number of hydrogen-bond acceptors (Lipinski definition) is 3. The molecule has 0 aliphatic carbocycles. The first kappa shape index (κ1) is 15.2. The maximum atomic E-state index is 14.1. The van der Waals surface area contributed by atoms with Gasteiger partial charge < -0.3 is 9.72 Å². The van der Waals surface area contributed by atoms with Gasteiger partial charge in [0.1, 0.15) is 11.5 Å². The van der Waals surface area contributed by atoms with Crippen LogP contribution in [0.5, 0.6) is 0 Å². The maximum absolute atomic E-state index is 14.1. The van der Waals surface area contributed by atoms with Gasteiger partial charge in [-0.2, -0.15) is 0 Å². The van der Waals surface area contributed by atoms with Crippen LogP contribution in [-0.2, 0) is 11.2 Å². The second-order valence-corrected chi connectivity index (χ2v) is 5.35. The highest BCUT2D eigenvalue weighted by atomic mass is 19.1. The normalized spacial score (nSPS) is 11.0. The van der Waals surface area contributed by atoms with Gasteiger partial charge in [-0.3, -0.25) is 4.98 Å². The predicted octanol–water partition coefficient (Wildman–Crippen LogP) is 4.03. The van der Waals surface area contributed by atoms with Crippen molar-refractivity contribution < 1.29 is 13.9 Å². The molecule has 23 heavy (non-hydrogen) atoms. The number of carbonyl (C=O) groups excluding carboxylic acids is 1. The van der Waals surface area contributed by atoms with E-state index >= 15 is 0 Å². The van der Waals surface area contributed by atoms with Crippen molar-refractivity contribution in [3.05, 3.63) is 53.2 Å². The number of aryl methyl sites for hydroxylation is 2. The molecule has 1 aromatic carbocycles. The number of hydrogen-bond donors (Lipinski definition) is 1. The average Bonchev–Trinajstić information content (AvgIpc) is 2.91. The summed E-state index contributed by atoms with van der Waals surface area (Å²) in [6, 6.07) is 6.92. The zero-order chi connectivity index (χ0) is 16.6. The Labute approximate surface area is 133 Å². The molecule has 0 aliphatic heterocycles. The number of aromatic amines is 1. The zero-order valence-electron chi connectivity index (χ0n) is 13.2. The van der Waals surface area contributed by atoms with Gasteiger partial charge in [-0.1, -0.05) is 13.0 Å². The fraction of sp³-hybridized carbons (Fsp3) is 0.222. The Bertz CT molecular complexity index is 899. The number of H-pyrrole nitrogens is 1. The number of carbonyl (C=O) groups is 1. The Morgan fingerprint density at radius 1 is 1.39 bits per heavy atom. The van der Waals surface area contributed by atoms with E-state index in [1.54, 1.807) is 12.3 Å². The van der Waals surface area contributed by atoms with Crippen LogP contribution in [0.1, 0.15) is 28.7 Å². The molecule has 0 radical (unpaired) electrons. The molecule has 1 N–H and O–H groups in total. The van der Waals surface area contributed by atoms with Crippen LogP contribution < -0.4 is 0 Å². The summed E-state index contributed by atoms with van der Waals surface area (Å²) in [5.74, 6) is -0.773. The fourth-order valence-electron chi connectivity index (χ4n) is 2.81. The fourth-order valence-corrected chi connectivity index (χ4v) is 2.81. The molecular weight excluding hydrogens is 295 g/mol. The first-order chi connectivity index (χ1) is 11.1. The number of methoxy groups -OCH3 is 1. The van der Waals surface area contributed by atoms with E-state index in [1.165, 1.54) is 13.2 Å². The smallest absolute Gasteiger partial charge is 0.355 e. The number of rotatable bonds is 3. The summed E-state index contributed by atoms with van der Waals surface area (Å²) >= 11 is 0. The van der Waals surface area contributed by atoms with Crippen LogP contribution in [0.25, 0.3) is 22.0 Å². The van der Waals surface area contributed by atoms with E-state index < -0.39 is 5.97 Å². The number of aromatic nitrogens is 2.